The summed E-state index contributed by atoms with van der Waals surface area (Å²) in [5.74, 6) is 2.34. The summed E-state index contributed by atoms with van der Waals surface area (Å²) in [5, 5.41) is 13.5. The molecule has 1 aliphatic heterocycles. The summed E-state index contributed by atoms with van der Waals surface area (Å²) < 4.78 is 0. The van der Waals surface area contributed by atoms with Gasteiger partial charge in [-0.2, -0.15) is 0 Å². The van der Waals surface area contributed by atoms with Crippen molar-refractivity contribution < 1.29 is 9.90 Å². The average molecular weight is 672 g/mol. The minimum atomic E-state index is -0.846. The fraction of sp³-hybridized carbons (Fsp3) is 0.750. The Kier molecular flexibility index (Phi) is 10.4. The second-order valence-corrected chi connectivity index (χ2v) is 18.7. The van der Waals surface area contributed by atoms with E-state index >= 15 is 0 Å². The molecule has 1 heterocycles. The lowest BCUT2D eigenvalue weighted by Crippen LogP contribution is -2.65. The number of piperazine rings is 1. The molecule has 7 rings (SSSR count). The number of fused-ring (bicyclic) bond motifs is 7. The number of allylic oxidation sites excluding steroid dienone is 3. The Labute approximate surface area is 299 Å². The Bertz CT molecular complexity index is 1380. The van der Waals surface area contributed by atoms with Gasteiger partial charge in [0.2, 0.25) is 0 Å². The van der Waals surface area contributed by atoms with Gasteiger partial charge in [-0.25, -0.2) is 4.79 Å². The van der Waals surface area contributed by atoms with Crippen molar-refractivity contribution in [2.24, 2.45) is 50.7 Å². The lowest BCUT2D eigenvalue weighted by molar-refractivity contribution is -0.222. The van der Waals surface area contributed by atoms with E-state index in [0.29, 0.717) is 33.1 Å². The average Bonchev–Trinajstić information content (AvgIpc) is 3.49. The fourth-order valence-corrected chi connectivity index (χ4v) is 13.5. The molecule has 8 atom stereocenters. The van der Waals surface area contributed by atoms with Crippen LogP contribution in [0.2, 0.25) is 0 Å². The zero-order valence-electron chi connectivity index (χ0n) is 32.3. The molecule has 5 fully saturated rings. The molecule has 0 aromatic heterocycles. The van der Waals surface area contributed by atoms with Crippen LogP contribution >= 0.6 is 0 Å². The van der Waals surface area contributed by atoms with E-state index in [0.717, 1.165) is 30.7 Å². The number of benzene rings is 1. The van der Waals surface area contributed by atoms with Gasteiger partial charge in [0.25, 0.3) is 0 Å². The van der Waals surface area contributed by atoms with E-state index in [1.165, 1.54) is 108 Å². The lowest BCUT2D eigenvalue weighted by Gasteiger charge is -2.72. The smallest absolute Gasteiger partial charge is 0.335 e. The van der Waals surface area contributed by atoms with Crippen LogP contribution in [0.4, 0.5) is 0 Å². The van der Waals surface area contributed by atoms with Crippen LogP contribution in [0.15, 0.2) is 43.0 Å². The van der Waals surface area contributed by atoms with Crippen molar-refractivity contribution >= 4 is 11.5 Å². The van der Waals surface area contributed by atoms with Crippen LogP contribution in [0.5, 0.6) is 0 Å². The third-order valence-corrected chi connectivity index (χ3v) is 16.2. The van der Waals surface area contributed by atoms with Crippen molar-refractivity contribution in [3.8, 4) is 0 Å². The van der Waals surface area contributed by atoms with Gasteiger partial charge in [-0.3, -0.25) is 4.90 Å². The van der Waals surface area contributed by atoms with Crippen LogP contribution in [0.3, 0.4) is 0 Å². The first kappa shape index (κ1) is 36.8. The van der Waals surface area contributed by atoms with Gasteiger partial charge in [-0.05, 0) is 146 Å². The second kappa shape index (κ2) is 13.9. The maximum atomic E-state index is 11.5. The summed E-state index contributed by atoms with van der Waals surface area (Å²) in [6.45, 7) is 26.9. The van der Waals surface area contributed by atoms with Crippen molar-refractivity contribution in [1.82, 2.24) is 15.1 Å². The van der Waals surface area contributed by atoms with E-state index in [9.17, 15) is 9.90 Å². The molecule has 2 N–H and O–H groups in total. The molecule has 1 saturated heterocycles. The molecule has 272 valence electrons. The Morgan fingerprint density at radius 2 is 1.59 bits per heavy atom. The first-order valence-corrected chi connectivity index (χ1v) is 20.0. The van der Waals surface area contributed by atoms with Crippen molar-refractivity contribution in [2.75, 3.05) is 52.9 Å². The predicted octanol–water partition coefficient (Wildman–Crippen LogP) is 9.26. The molecular formula is C44H69N3O2. The number of hydrogen-bond donors (Lipinski definition) is 2. The summed E-state index contributed by atoms with van der Waals surface area (Å²) >= 11 is 0. The van der Waals surface area contributed by atoms with E-state index < -0.39 is 5.97 Å². The SMILES string of the molecule is C=CC.CN1CCN(CCNCC23CCCC2C2CCC4C5(C)CC=C(c6ccc(C(=O)O)cc6)C(C)(C)C5CCC4(C)[C@]2(C)CC3)CC1. The third kappa shape index (κ3) is 6.20. The normalized spacial score (nSPS) is 40.0. The molecule has 6 aliphatic rings. The molecule has 5 nitrogen and oxygen atoms in total. The van der Waals surface area contributed by atoms with Gasteiger partial charge in [0.15, 0.2) is 0 Å². The highest BCUT2D eigenvalue weighted by Crippen LogP contribution is 2.77. The number of hydrogen-bond acceptors (Lipinski definition) is 4. The Hall–Kier alpha value is -1.95. The largest absolute Gasteiger partial charge is 0.478 e. The Morgan fingerprint density at radius 1 is 0.898 bits per heavy atom. The first-order chi connectivity index (χ1) is 23.3. The van der Waals surface area contributed by atoms with E-state index in [1.54, 1.807) is 18.2 Å². The van der Waals surface area contributed by atoms with Crippen LogP contribution in [0.25, 0.3) is 5.57 Å². The number of likely N-dealkylation sites (N-methyl/N-ethyl adjacent to an activating group) is 1. The number of nitrogens with one attached hydrogen (secondary N) is 1. The number of rotatable bonds is 7. The monoisotopic (exact) mass is 672 g/mol. The van der Waals surface area contributed by atoms with Crippen LogP contribution in [-0.4, -0.2) is 73.7 Å². The highest BCUT2D eigenvalue weighted by molar-refractivity contribution is 5.88. The van der Waals surface area contributed by atoms with Gasteiger partial charge in [0.1, 0.15) is 0 Å². The summed E-state index contributed by atoms with van der Waals surface area (Å²) in [4.78, 5) is 16.6. The molecule has 0 radical (unpaired) electrons. The van der Waals surface area contributed by atoms with E-state index in [4.69, 9.17) is 0 Å². The number of carbonyl (C=O) groups is 1. The molecule has 4 saturated carbocycles. The molecule has 1 aromatic rings. The molecule has 7 unspecified atom stereocenters. The Morgan fingerprint density at radius 3 is 2.27 bits per heavy atom. The van der Waals surface area contributed by atoms with Gasteiger partial charge in [0.05, 0.1) is 5.56 Å². The van der Waals surface area contributed by atoms with Gasteiger partial charge in [-0.1, -0.05) is 65.3 Å². The molecule has 1 aromatic carbocycles. The number of carboxylic acids is 1. The molecule has 0 spiro atoms. The van der Waals surface area contributed by atoms with Crippen LogP contribution in [0.1, 0.15) is 122 Å². The summed E-state index contributed by atoms with van der Waals surface area (Å²) in [6, 6.07) is 7.68. The second-order valence-electron chi connectivity index (χ2n) is 18.7. The number of carboxylic acid groups (broad SMARTS) is 1. The molecule has 5 heteroatoms. The summed E-state index contributed by atoms with van der Waals surface area (Å²) in [6.07, 6.45) is 18.2. The number of nitrogens with zero attached hydrogens (tertiary/aromatic N) is 2. The highest BCUT2D eigenvalue weighted by Gasteiger charge is 2.69. The van der Waals surface area contributed by atoms with Crippen molar-refractivity contribution in [2.45, 2.75) is 106 Å². The maximum absolute atomic E-state index is 11.5. The van der Waals surface area contributed by atoms with Gasteiger partial charge in [-0.15, -0.1) is 6.58 Å². The van der Waals surface area contributed by atoms with E-state index in [-0.39, 0.29) is 5.41 Å². The third-order valence-electron chi connectivity index (χ3n) is 16.2. The van der Waals surface area contributed by atoms with E-state index in [1.807, 2.05) is 6.92 Å². The molecule has 49 heavy (non-hydrogen) atoms. The molecule has 5 aliphatic carbocycles. The summed E-state index contributed by atoms with van der Waals surface area (Å²) in [5.41, 5.74) is 4.76. The standard InChI is InChI=1S/C41H63N3O2.C3H6/c1-37(2)31(29-9-11-30(12-10-29)36(45)46)15-18-38(3)34(37)16-19-40(5)35(38)14-13-32-33-8-7-17-41(33,21-20-39(32,40)4)28-42-22-23-44-26-24-43(6)25-27-44;1-3-2/h9-12,15,32-35,42H,7-8,13-14,16-28H2,1-6H3,(H,45,46);3H,1H2,2H3/t32?,33?,34?,35?,38?,39-,40?,41?;/m1./s1. The molecule has 0 bridgehead atoms. The predicted molar refractivity (Wildman–Crippen MR) is 205 cm³/mol. The lowest BCUT2D eigenvalue weighted by atomic mass is 9.32. The van der Waals surface area contributed by atoms with Crippen LogP contribution < -0.4 is 5.32 Å². The first-order valence-electron chi connectivity index (χ1n) is 20.0. The van der Waals surface area contributed by atoms with Gasteiger partial charge >= 0.3 is 5.97 Å². The minimum absolute atomic E-state index is 0.0692. The van der Waals surface area contributed by atoms with E-state index in [2.05, 4.69) is 81.6 Å². The zero-order valence-corrected chi connectivity index (χ0v) is 32.3. The molecular weight excluding hydrogens is 603 g/mol. The quantitative estimate of drug-likeness (QED) is 0.224. The molecule has 0 amide bonds. The topological polar surface area (TPSA) is 55.8 Å². The van der Waals surface area contributed by atoms with Gasteiger partial charge in [0, 0.05) is 45.8 Å². The maximum Gasteiger partial charge on any atom is 0.335 e. The van der Waals surface area contributed by atoms with Crippen LogP contribution in [0, 0.1) is 50.7 Å². The van der Waals surface area contributed by atoms with Crippen molar-refractivity contribution in [3.63, 3.8) is 0 Å². The Balaban J connectivity index is 0.00000134. The zero-order chi connectivity index (χ0) is 35.2. The van der Waals surface area contributed by atoms with Gasteiger partial charge < -0.3 is 15.3 Å². The number of aromatic carboxylic acids is 1. The summed E-state index contributed by atoms with van der Waals surface area (Å²) in [7, 11) is 2.25. The minimum Gasteiger partial charge on any atom is -0.478 e. The fourth-order valence-electron chi connectivity index (χ4n) is 13.5. The van der Waals surface area contributed by atoms with Crippen molar-refractivity contribution in [3.05, 3.63) is 54.1 Å². The van der Waals surface area contributed by atoms with Crippen LogP contribution in [-0.2, 0) is 0 Å². The van der Waals surface area contributed by atoms with Crippen molar-refractivity contribution in [1.29, 1.82) is 0 Å². The highest BCUT2D eigenvalue weighted by atomic mass is 16.4.